The van der Waals surface area contributed by atoms with E-state index in [1.54, 1.807) is 36.4 Å². The van der Waals surface area contributed by atoms with Crippen molar-refractivity contribution in [2.24, 2.45) is 0 Å². The zero-order valence-corrected chi connectivity index (χ0v) is 13.3. The normalized spacial score (nSPS) is 11.4. The third-order valence-corrected chi connectivity index (χ3v) is 3.51. The summed E-state index contributed by atoms with van der Waals surface area (Å²) in [4.78, 5) is 21.3. The maximum Gasteiger partial charge on any atom is 0.283 e. The van der Waals surface area contributed by atoms with Gasteiger partial charge in [0.05, 0.1) is 39.6 Å². The van der Waals surface area contributed by atoms with Gasteiger partial charge in [0.1, 0.15) is 11.5 Å². The Morgan fingerprint density at radius 3 is 1.54 bits per heavy atom. The Hall–Kier alpha value is -3.94. The molecule has 0 spiro atoms. The van der Waals surface area contributed by atoms with Crippen molar-refractivity contribution < 1.29 is 18.7 Å². The fraction of sp³-hybridized carbons (Fsp3) is 0. The molecule has 2 aromatic heterocycles. The first-order chi connectivity index (χ1) is 12.5. The lowest BCUT2D eigenvalue weighted by atomic mass is 10.0. The number of rotatable bonds is 6. The molecule has 0 N–H and O–H groups in total. The van der Waals surface area contributed by atoms with Crippen LogP contribution in [0.1, 0.15) is 22.6 Å². The van der Waals surface area contributed by atoms with Crippen LogP contribution in [-0.4, -0.2) is 9.85 Å². The molecule has 3 rings (SSSR count). The van der Waals surface area contributed by atoms with Gasteiger partial charge in [-0.1, -0.05) is 0 Å². The van der Waals surface area contributed by atoms with Crippen LogP contribution in [0.3, 0.4) is 0 Å². The lowest BCUT2D eigenvalue weighted by Gasteiger charge is -2.02. The molecule has 3 aromatic rings. The van der Waals surface area contributed by atoms with Gasteiger partial charge in [-0.25, -0.2) is 0 Å². The molecule has 8 nitrogen and oxygen atoms in total. The summed E-state index contributed by atoms with van der Waals surface area (Å²) in [7, 11) is 0. The van der Waals surface area contributed by atoms with Crippen LogP contribution in [-0.2, 0) is 0 Å². The highest BCUT2D eigenvalue weighted by atomic mass is 16.6. The molecule has 0 aliphatic carbocycles. The molecule has 8 heteroatoms. The molecule has 26 heavy (non-hydrogen) atoms. The summed E-state index contributed by atoms with van der Waals surface area (Å²) >= 11 is 0. The molecule has 130 valence electrons. The molecule has 0 aliphatic rings. The van der Waals surface area contributed by atoms with Crippen LogP contribution >= 0.6 is 0 Å². The standard InChI is InChI=1S/C18H12N2O6/c21-19(22)17-12-18(20(23)24)14(6-8-16-4-2-10-26-16)11-13(17)5-7-15-3-1-9-25-15/h1-12H/b7-5-,8-6+. The summed E-state index contributed by atoms with van der Waals surface area (Å²) in [5, 5.41) is 22.6. The summed E-state index contributed by atoms with van der Waals surface area (Å²) in [6.07, 6.45) is 9.00. The molecule has 2 heterocycles. The van der Waals surface area contributed by atoms with Gasteiger partial charge >= 0.3 is 0 Å². The number of nitro benzene ring substituents is 2. The second-order valence-electron chi connectivity index (χ2n) is 5.18. The Bertz CT molecular complexity index is 908. The quantitative estimate of drug-likeness (QED) is 0.454. The lowest BCUT2D eigenvalue weighted by molar-refractivity contribution is -0.394. The molecule has 0 saturated heterocycles. The summed E-state index contributed by atoms with van der Waals surface area (Å²) in [6.45, 7) is 0. The van der Waals surface area contributed by atoms with Crippen molar-refractivity contribution in [3.8, 4) is 0 Å². The highest BCUT2D eigenvalue weighted by Crippen LogP contribution is 2.31. The van der Waals surface area contributed by atoms with E-state index in [1.165, 1.54) is 30.7 Å². The van der Waals surface area contributed by atoms with E-state index in [4.69, 9.17) is 8.83 Å². The molecule has 1 aromatic carbocycles. The third kappa shape index (κ3) is 3.75. The second-order valence-corrected chi connectivity index (χ2v) is 5.18. The zero-order valence-electron chi connectivity index (χ0n) is 13.3. The Morgan fingerprint density at radius 1 is 0.731 bits per heavy atom. The fourth-order valence-corrected chi connectivity index (χ4v) is 2.31. The topological polar surface area (TPSA) is 113 Å². The van der Waals surface area contributed by atoms with Gasteiger partial charge in [0.25, 0.3) is 11.4 Å². The second kappa shape index (κ2) is 7.31. The van der Waals surface area contributed by atoms with Crippen molar-refractivity contribution in [2.45, 2.75) is 0 Å². The number of hydrogen-bond acceptors (Lipinski definition) is 6. The average Bonchev–Trinajstić information content (AvgIpc) is 3.31. The van der Waals surface area contributed by atoms with Gasteiger partial charge in [-0.2, -0.15) is 0 Å². The zero-order chi connectivity index (χ0) is 18.5. The monoisotopic (exact) mass is 352 g/mol. The van der Waals surface area contributed by atoms with Crippen LogP contribution in [0.25, 0.3) is 24.3 Å². The third-order valence-electron chi connectivity index (χ3n) is 3.51. The van der Waals surface area contributed by atoms with Crippen molar-refractivity contribution in [3.05, 3.63) is 91.8 Å². The van der Waals surface area contributed by atoms with E-state index in [2.05, 4.69) is 0 Å². The van der Waals surface area contributed by atoms with E-state index in [0.29, 0.717) is 11.5 Å². The number of nitrogens with zero attached hydrogens (tertiary/aromatic N) is 2. The summed E-state index contributed by atoms with van der Waals surface area (Å²) in [6, 6.07) is 9.07. The largest absolute Gasteiger partial charge is 0.465 e. The Kier molecular flexibility index (Phi) is 4.75. The maximum atomic E-state index is 11.3. The van der Waals surface area contributed by atoms with Crippen LogP contribution in [0, 0.1) is 20.2 Å². The average molecular weight is 352 g/mol. The first kappa shape index (κ1) is 16.9. The number of benzene rings is 1. The molecule has 0 aliphatic heterocycles. The molecular weight excluding hydrogens is 340 g/mol. The number of hydrogen-bond donors (Lipinski definition) is 0. The molecule has 0 amide bonds. The maximum absolute atomic E-state index is 11.3. The summed E-state index contributed by atoms with van der Waals surface area (Å²) in [5.41, 5.74) is -0.295. The molecule has 0 radical (unpaired) electrons. The van der Waals surface area contributed by atoms with Crippen LogP contribution in [0.15, 0.2) is 57.8 Å². The molecule has 0 saturated carbocycles. The molecular formula is C18H12N2O6. The van der Waals surface area contributed by atoms with Gasteiger partial charge in [-0.05, 0) is 54.6 Å². The predicted octanol–water partition coefficient (Wildman–Crippen LogP) is 5.03. The van der Waals surface area contributed by atoms with Gasteiger partial charge in [0.2, 0.25) is 0 Å². The molecule has 0 fully saturated rings. The minimum Gasteiger partial charge on any atom is -0.465 e. The minimum atomic E-state index is -0.658. The van der Waals surface area contributed by atoms with E-state index in [9.17, 15) is 20.2 Å². The van der Waals surface area contributed by atoms with E-state index in [0.717, 1.165) is 6.07 Å². The van der Waals surface area contributed by atoms with Crippen molar-refractivity contribution >= 4 is 35.7 Å². The Labute approximate surface area is 147 Å². The fourth-order valence-electron chi connectivity index (χ4n) is 2.31. The van der Waals surface area contributed by atoms with Gasteiger partial charge in [-0.3, -0.25) is 20.2 Å². The van der Waals surface area contributed by atoms with Crippen molar-refractivity contribution in [2.75, 3.05) is 0 Å². The van der Waals surface area contributed by atoms with E-state index >= 15 is 0 Å². The van der Waals surface area contributed by atoms with E-state index in [-0.39, 0.29) is 22.5 Å². The van der Waals surface area contributed by atoms with Gasteiger partial charge < -0.3 is 8.83 Å². The molecule has 0 unspecified atom stereocenters. The van der Waals surface area contributed by atoms with E-state index in [1.807, 2.05) is 0 Å². The van der Waals surface area contributed by atoms with Gasteiger partial charge in [0, 0.05) is 0 Å². The summed E-state index contributed by atoms with van der Waals surface area (Å²) < 4.78 is 10.3. The van der Waals surface area contributed by atoms with Crippen molar-refractivity contribution in [1.29, 1.82) is 0 Å². The van der Waals surface area contributed by atoms with Crippen LogP contribution in [0.2, 0.25) is 0 Å². The van der Waals surface area contributed by atoms with Gasteiger partial charge in [0.15, 0.2) is 0 Å². The first-order valence-electron chi connectivity index (χ1n) is 7.44. The highest BCUT2D eigenvalue weighted by molar-refractivity contribution is 5.80. The predicted molar refractivity (Wildman–Crippen MR) is 95.0 cm³/mol. The number of furan rings is 2. The highest BCUT2D eigenvalue weighted by Gasteiger charge is 2.22. The van der Waals surface area contributed by atoms with Crippen molar-refractivity contribution in [1.82, 2.24) is 0 Å². The molecule has 0 atom stereocenters. The van der Waals surface area contributed by atoms with Gasteiger partial charge in [-0.15, -0.1) is 0 Å². The lowest BCUT2D eigenvalue weighted by Crippen LogP contribution is -1.98. The minimum absolute atomic E-state index is 0.219. The number of nitro groups is 2. The Balaban J connectivity index is 2.08. The van der Waals surface area contributed by atoms with Crippen molar-refractivity contribution in [3.63, 3.8) is 0 Å². The molecule has 0 bridgehead atoms. The van der Waals surface area contributed by atoms with Crippen LogP contribution in [0.4, 0.5) is 11.4 Å². The first-order valence-corrected chi connectivity index (χ1v) is 7.44. The smallest absolute Gasteiger partial charge is 0.283 e. The SMILES string of the molecule is O=[N+]([O-])c1cc([N+](=O)[O-])c(/C=C/c2ccco2)cc1/C=C\c1ccco1. The van der Waals surface area contributed by atoms with E-state index < -0.39 is 9.85 Å². The van der Waals surface area contributed by atoms with Crippen LogP contribution in [0.5, 0.6) is 0 Å². The Morgan fingerprint density at radius 2 is 1.19 bits per heavy atom. The van der Waals surface area contributed by atoms with Crippen LogP contribution < -0.4 is 0 Å². The summed E-state index contributed by atoms with van der Waals surface area (Å²) in [5.74, 6) is 1.01.